The van der Waals surface area contributed by atoms with E-state index < -0.39 is 17.7 Å². The number of likely N-dealkylation sites (tertiary alicyclic amines) is 1. The maximum atomic E-state index is 13.3. The number of carbonyl (C=O) groups is 2. The fourth-order valence-electron chi connectivity index (χ4n) is 4.60. The van der Waals surface area contributed by atoms with E-state index in [0.29, 0.717) is 30.1 Å². The molecule has 0 radical (unpaired) electrons. The Morgan fingerprint density at radius 1 is 1.09 bits per heavy atom. The van der Waals surface area contributed by atoms with Gasteiger partial charge in [-0.25, -0.2) is 4.98 Å². The van der Waals surface area contributed by atoms with Gasteiger partial charge >= 0.3 is 0 Å². The molecule has 1 atom stereocenters. The summed E-state index contributed by atoms with van der Waals surface area (Å²) in [4.78, 5) is 34.7. The van der Waals surface area contributed by atoms with Gasteiger partial charge in [0, 0.05) is 19.3 Å². The molecule has 0 spiro atoms. The van der Waals surface area contributed by atoms with E-state index in [2.05, 4.69) is 25.8 Å². The van der Waals surface area contributed by atoms with E-state index in [1.54, 1.807) is 4.90 Å². The minimum absolute atomic E-state index is 0.0310. The molecule has 1 aromatic carbocycles. The van der Waals surface area contributed by atoms with Gasteiger partial charge in [0.05, 0.1) is 17.3 Å². The van der Waals surface area contributed by atoms with Gasteiger partial charge in [-0.3, -0.25) is 9.59 Å². The normalized spacial score (nSPS) is 18.3. The van der Waals surface area contributed by atoms with E-state index in [9.17, 15) is 14.7 Å². The predicted octanol–water partition coefficient (Wildman–Crippen LogP) is 4.23. The Bertz CT molecular complexity index is 1330. The number of aryl methyl sites for hydroxylation is 2. The number of aliphatic hydroxyl groups excluding tert-OH is 1. The monoisotopic (exact) mass is 474 g/mol. The van der Waals surface area contributed by atoms with Crippen LogP contribution in [0.4, 0.5) is 0 Å². The number of imidazole rings is 1. The van der Waals surface area contributed by atoms with Crippen LogP contribution in [0.5, 0.6) is 0 Å². The van der Waals surface area contributed by atoms with E-state index in [1.165, 1.54) is 0 Å². The van der Waals surface area contributed by atoms with Crippen molar-refractivity contribution in [2.24, 2.45) is 0 Å². The molecular formula is C28H34N4O3. The summed E-state index contributed by atoms with van der Waals surface area (Å²) in [6.45, 7) is 11.2. The zero-order valence-corrected chi connectivity index (χ0v) is 21.6. The first-order chi connectivity index (χ1) is 16.4. The van der Waals surface area contributed by atoms with Crippen LogP contribution < -0.4 is 0 Å². The molecule has 35 heavy (non-hydrogen) atoms. The van der Waals surface area contributed by atoms with Crippen LogP contribution in [0.25, 0.3) is 11.4 Å². The Morgan fingerprint density at radius 2 is 1.74 bits per heavy atom. The van der Waals surface area contributed by atoms with Crippen LogP contribution in [0.2, 0.25) is 0 Å². The third-order valence-electron chi connectivity index (χ3n) is 6.73. The number of ketones is 1. The van der Waals surface area contributed by atoms with Gasteiger partial charge in [0.2, 0.25) is 0 Å². The second-order valence-corrected chi connectivity index (χ2v) is 10.6. The van der Waals surface area contributed by atoms with Gasteiger partial charge in [0.15, 0.2) is 5.76 Å². The fraction of sp³-hybridized carbons (Fsp3) is 0.393. The van der Waals surface area contributed by atoms with Crippen LogP contribution in [0.1, 0.15) is 54.9 Å². The number of carbonyl (C=O) groups excluding carboxylic acids is 2. The van der Waals surface area contributed by atoms with Crippen molar-refractivity contribution in [1.82, 2.24) is 19.2 Å². The van der Waals surface area contributed by atoms with Gasteiger partial charge in [-0.15, -0.1) is 0 Å². The highest BCUT2D eigenvalue weighted by molar-refractivity contribution is 6.46. The number of aromatic nitrogens is 2. The molecule has 1 amide bonds. The molecule has 1 aliphatic heterocycles. The summed E-state index contributed by atoms with van der Waals surface area (Å²) < 4.78 is 1.89. The van der Waals surface area contributed by atoms with Crippen molar-refractivity contribution >= 4 is 23.1 Å². The number of hydrogen-bond acceptors (Lipinski definition) is 5. The van der Waals surface area contributed by atoms with Crippen molar-refractivity contribution in [2.45, 2.75) is 46.1 Å². The molecule has 1 aliphatic rings. The number of fused-ring (bicyclic) bond motifs is 1. The number of pyridine rings is 1. The minimum Gasteiger partial charge on any atom is -0.505 e. The fourth-order valence-corrected chi connectivity index (χ4v) is 4.60. The second-order valence-electron chi connectivity index (χ2n) is 10.6. The number of rotatable bonds is 5. The first kappa shape index (κ1) is 24.7. The highest BCUT2D eigenvalue weighted by Gasteiger charge is 2.46. The maximum absolute atomic E-state index is 13.3. The zero-order chi connectivity index (χ0) is 25.7. The summed E-state index contributed by atoms with van der Waals surface area (Å²) in [5, 5.41) is 11.5. The average Bonchev–Trinajstić information content (AvgIpc) is 3.26. The number of hydrogen-bond donors (Lipinski definition) is 1. The van der Waals surface area contributed by atoms with Crippen molar-refractivity contribution in [3.05, 3.63) is 76.2 Å². The summed E-state index contributed by atoms with van der Waals surface area (Å²) in [6, 6.07) is 11.1. The highest BCUT2D eigenvalue weighted by Crippen LogP contribution is 2.40. The molecule has 0 bridgehead atoms. The standard InChI is InChI=1S/C28H34N4O3/c1-17-9-8-14-31-18(2)22(29-26(17)31)24(33)21-23(19-10-12-20(13-11-19)28(3,4)5)32(16-15-30(6)7)27(35)25(21)34/h8-14,23,33H,15-16H2,1-7H3/b24-21+. The number of amides is 1. The molecule has 7 heteroatoms. The second kappa shape index (κ2) is 8.96. The van der Waals surface area contributed by atoms with Crippen LogP contribution in [0.3, 0.4) is 0 Å². The maximum Gasteiger partial charge on any atom is 0.295 e. The van der Waals surface area contributed by atoms with Crippen LogP contribution in [-0.4, -0.2) is 63.2 Å². The molecule has 3 heterocycles. The minimum atomic E-state index is -0.686. The van der Waals surface area contributed by atoms with Gasteiger partial charge in [-0.2, -0.15) is 0 Å². The highest BCUT2D eigenvalue weighted by atomic mass is 16.3. The number of Topliss-reactive ketones (excluding diaryl/α,β-unsaturated/α-hetero) is 1. The molecule has 3 aromatic rings. The van der Waals surface area contributed by atoms with Gasteiger partial charge in [-0.1, -0.05) is 51.1 Å². The topological polar surface area (TPSA) is 78.2 Å². The molecule has 1 unspecified atom stereocenters. The van der Waals surface area contributed by atoms with E-state index >= 15 is 0 Å². The number of aliphatic hydroxyl groups is 1. The smallest absolute Gasteiger partial charge is 0.295 e. The number of nitrogens with zero attached hydrogens (tertiary/aromatic N) is 4. The van der Waals surface area contributed by atoms with Crippen LogP contribution >= 0.6 is 0 Å². The third-order valence-corrected chi connectivity index (χ3v) is 6.73. The van der Waals surface area contributed by atoms with Gasteiger partial charge < -0.3 is 19.3 Å². The van der Waals surface area contributed by atoms with Gasteiger partial charge in [0.25, 0.3) is 11.7 Å². The lowest BCUT2D eigenvalue weighted by Gasteiger charge is -2.27. The van der Waals surface area contributed by atoms with Crippen molar-refractivity contribution in [3.8, 4) is 0 Å². The Morgan fingerprint density at radius 3 is 2.31 bits per heavy atom. The Labute approximate surface area is 206 Å². The first-order valence-electron chi connectivity index (χ1n) is 11.9. The molecule has 1 N–H and O–H groups in total. The van der Waals surface area contributed by atoms with E-state index in [4.69, 9.17) is 0 Å². The van der Waals surface area contributed by atoms with Gasteiger partial charge in [-0.05, 0) is 56.1 Å². The summed E-state index contributed by atoms with van der Waals surface area (Å²) in [6.07, 6.45) is 1.87. The van der Waals surface area contributed by atoms with Crippen molar-refractivity contribution < 1.29 is 14.7 Å². The molecule has 0 aliphatic carbocycles. The molecule has 1 fully saturated rings. The van der Waals surface area contributed by atoms with Crippen LogP contribution in [0.15, 0.2) is 48.2 Å². The van der Waals surface area contributed by atoms with Crippen molar-refractivity contribution in [3.63, 3.8) is 0 Å². The molecule has 2 aromatic heterocycles. The predicted molar refractivity (Wildman–Crippen MR) is 137 cm³/mol. The average molecular weight is 475 g/mol. The van der Waals surface area contributed by atoms with E-state index in [-0.39, 0.29) is 16.7 Å². The summed E-state index contributed by atoms with van der Waals surface area (Å²) in [5.41, 5.74) is 4.69. The van der Waals surface area contributed by atoms with Crippen LogP contribution in [0, 0.1) is 13.8 Å². The molecule has 4 rings (SSSR count). The molecule has 7 nitrogen and oxygen atoms in total. The summed E-state index contributed by atoms with van der Waals surface area (Å²) >= 11 is 0. The number of benzene rings is 1. The van der Waals surface area contributed by atoms with Crippen LogP contribution in [-0.2, 0) is 15.0 Å². The van der Waals surface area contributed by atoms with Gasteiger partial charge in [0.1, 0.15) is 11.3 Å². The summed E-state index contributed by atoms with van der Waals surface area (Å²) in [7, 11) is 3.85. The van der Waals surface area contributed by atoms with E-state index in [1.807, 2.05) is 79.8 Å². The SMILES string of the molecule is Cc1cccn2c(C)c(/C(O)=C3\C(=O)C(=O)N(CCN(C)C)C3c3ccc(C(C)(C)C)cc3)nc12. The third kappa shape index (κ3) is 4.36. The lowest BCUT2D eigenvalue weighted by molar-refractivity contribution is -0.140. The zero-order valence-electron chi connectivity index (χ0n) is 21.6. The van der Waals surface area contributed by atoms with Crippen molar-refractivity contribution in [1.29, 1.82) is 0 Å². The largest absolute Gasteiger partial charge is 0.505 e. The lowest BCUT2D eigenvalue weighted by Crippen LogP contribution is -2.35. The summed E-state index contributed by atoms with van der Waals surface area (Å²) in [5.74, 6) is -1.52. The quantitative estimate of drug-likeness (QED) is 0.340. The number of likely N-dealkylation sites (N-methyl/N-ethyl adjacent to an activating group) is 1. The lowest BCUT2D eigenvalue weighted by atomic mass is 9.85. The Kier molecular flexibility index (Phi) is 6.32. The Hall–Kier alpha value is -3.45. The first-order valence-corrected chi connectivity index (χ1v) is 11.9. The molecule has 1 saturated heterocycles. The Balaban J connectivity index is 1.90. The molecule has 0 saturated carbocycles. The molecule has 184 valence electrons. The van der Waals surface area contributed by atoms with E-state index in [0.717, 1.165) is 16.7 Å². The molecular weight excluding hydrogens is 440 g/mol. The van der Waals surface area contributed by atoms with Crippen molar-refractivity contribution in [2.75, 3.05) is 27.2 Å².